The highest BCUT2D eigenvalue weighted by molar-refractivity contribution is 6.04. The lowest BCUT2D eigenvalue weighted by Crippen LogP contribution is -2.71. The van der Waals surface area contributed by atoms with Crippen molar-refractivity contribution in [2.45, 2.75) is 12.0 Å². The van der Waals surface area contributed by atoms with Gasteiger partial charge in [-0.05, 0) is 36.2 Å². The van der Waals surface area contributed by atoms with Crippen LogP contribution in [0.2, 0.25) is 0 Å². The summed E-state index contributed by atoms with van der Waals surface area (Å²) in [5.41, 5.74) is 8.55. The minimum absolute atomic E-state index is 0.0581. The molecule has 0 unspecified atom stereocenters. The van der Waals surface area contributed by atoms with Gasteiger partial charge in [0.05, 0.1) is 42.5 Å². The Labute approximate surface area is 171 Å². The van der Waals surface area contributed by atoms with Crippen LogP contribution in [-0.4, -0.2) is 46.2 Å². The molecule has 30 heavy (non-hydrogen) atoms. The van der Waals surface area contributed by atoms with Gasteiger partial charge in [0.1, 0.15) is 11.5 Å². The molecule has 3 aromatic rings. The SMILES string of the molecule is Nc1ccc(-c2ccc(F)nc2)cc1NC(=O)c1cnc(N2CCC23COC3)cn1. The van der Waals surface area contributed by atoms with Crippen LogP contribution < -0.4 is 16.0 Å². The average Bonchev–Trinajstić information content (AvgIpc) is 2.69. The zero-order valence-corrected chi connectivity index (χ0v) is 16.0. The summed E-state index contributed by atoms with van der Waals surface area (Å²) >= 11 is 0. The lowest BCUT2D eigenvalue weighted by molar-refractivity contribution is -0.0851. The van der Waals surface area contributed by atoms with Crippen molar-refractivity contribution < 1.29 is 13.9 Å². The van der Waals surface area contributed by atoms with E-state index in [1.807, 2.05) is 0 Å². The van der Waals surface area contributed by atoms with E-state index in [1.165, 1.54) is 18.5 Å². The smallest absolute Gasteiger partial charge is 0.275 e. The molecule has 2 saturated heterocycles. The fourth-order valence-electron chi connectivity index (χ4n) is 3.69. The molecule has 3 N–H and O–H groups in total. The number of pyridine rings is 1. The highest BCUT2D eigenvalue weighted by Crippen LogP contribution is 2.39. The van der Waals surface area contributed by atoms with Crippen molar-refractivity contribution in [1.29, 1.82) is 0 Å². The summed E-state index contributed by atoms with van der Waals surface area (Å²) in [4.78, 5) is 27.2. The Kier molecular flexibility index (Phi) is 4.32. The molecule has 1 aromatic carbocycles. The maximum Gasteiger partial charge on any atom is 0.275 e. The third-order valence-electron chi connectivity index (χ3n) is 5.62. The van der Waals surface area contributed by atoms with Crippen LogP contribution >= 0.6 is 0 Å². The number of carbonyl (C=O) groups is 1. The third-order valence-corrected chi connectivity index (χ3v) is 5.62. The molecule has 2 aliphatic heterocycles. The Hall–Kier alpha value is -3.59. The molecule has 4 heterocycles. The van der Waals surface area contributed by atoms with E-state index in [4.69, 9.17) is 10.5 Å². The van der Waals surface area contributed by atoms with E-state index in [2.05, 4.69) is 25.2 Å². The van der Waals surface area contributed by atoms with E-state index in [0.29, 0.717) is 30.2 Å². The molecule has 0 bridgehead atoms. The molecule has 2 aliphatic rings. The Bertz CT molecular complexity index is 1090. The molecule has 0 radical (unpaired) electrons. The number of nitrogens with two attached hydrogens (primary N) is 1. The van der Waals surface area contributed by atoms with Gasteiger partial charge in [0, 0.05) is 18.3 Å². The highest BCUT2D eigenvalue weighted by atomic mass is 19.1. The second-order valence-corrected chi connectivity index (χ2v) is 7.50. The Morgan fingerprint density at radius 2 is 1.93 bits per heavy atom. The number of rotatable bonds is 4. The summed E-state index contributed by atoms with van der Waals surface area (Å²) in [6.07, 6.45) is 5.57. The molecule has 9 heteroatoms. The second kappa shape index (κ2) is 7.03. The fourth-order valence-corrected chi connectivity index (χ4v) is 3.69. The first-order chi connectivity index (χ1) is 14.5. The normalized spacial score (nSPS) is 16.6. The number of hydrogen-bond acceptors (Lipinski definition) is 7. The van der Waals surface area contributed by atoms with E-state index in [0.717, 1.165) is 24.3 Å². The van der Waals surface area contributed by atoms with Crippen molar-refractivity contribution in [3.05, 3.63) is 60.6 Å². The van der Waals surface area contributed by atoms with Crippen molar-refractivity contribution in [3.8, 4) is 11.1 Å². The summed E-state index contributed by atoms with van der Waals surface area (Å²) < 4.78 is 18.4. The van der Waals surface area contributed by atoms with Gasteiger partial charge in [0.2, 0.25) is 5.95 Å². The van der Waals surface area contributed by atoms with Gasteiger partial charge in [-0.25, -0.2) is 15.0 Å². The third kappa shape index (κ3) is 3.13. The average molecular weight is 406 g/mol. The second-order valence-electron chi connectivity index (χ2n) is 7.50. The van der Waals surface area contributed by atoms with Crippen molar-refractivity contribution >= 4 is 23.1 Å². The van der Waals surface area contributed by atoms with Gasteiger partial charge in [-0.15, -0.1) is 0 Å². The molecular weight excluding hydrogens is 387 g/mol. The monoisotopic (exact) mass is 406 g/mol. The number of halogens is 1. The topological polar surface area (TPSA) is 106 Å². The molecule has 152 valence electrons. The number of hydrogen-bond donors (Lipinski definition) is 2. The lowest BCUT2D eigenvalue weighted by atomic mass is 9.83. The summed E-state index contributed by atoms with van der Waals surface area (Å²) in [6, 6.07) is 8.05. The van der Waals surface area contributed by atoms with Crippen molar-refractivity contribution in [3.63, 3.8) is 0 Å². The number of nitrogen functional groups attached to an aromatic ring is 1. The molecule has 2 aromatic heterocycles. The van der Waals surface area contributed by atoms with Crippen LogP contribution in [0.5, 0.6) is 0 Å². The number of ether oxygens (including phenoxy) is 1. The van der Waals surface area contributed by atoms with Gasteiger partial charge in [-0.2, -0.15) is 4.39 Å². The molecule has 8 nitrogen and oxygen atoms in total. The Balaban J connectivity index is 1.32. The van der Waals surface area contributed by atoms with Gasteiger partial charge in [0.25, 0.3) is 5.91 Å². The van der Waals surface area contributed by atoms with Crippen molar-refractivity contribution in [1.82, 2.24) is 15.0 Å². The first kappa shape index (κ1) is 18.4. The van der Waals surface area contributed by atoms with Gasteiger partial charge in [-0.3, -0.25) is 4.79 Å². The highest BCUT2D eigenvalue weighted by Gasteiger charge is 2.51. The van der Waals surface area contributed by atoms with Gasteiger partial charge in [0.15, 0.2) is 0 Å². The number of carbonyl (C=O) groups excluding carboxylic acids is 1. The number of nitrogens with zero attached hydrogens (tertiary/aromatic N) is 4. The molecule has 1 amide bonds. The van der Waals surface area contributed by atoms with Gasteiger partial charge in [-0.1, -0.05) is 6.07 Å². The van der Waals surface area contributed by atoms with Crippen LogP contribution in [0.15, 0.2) is 48.9 Å². The van der Waals surface area contributed by atoms with Crippen LogP contribution in [0.1, 0.15) is 16.9 Å². The minimum atomic E-state index is -0.557. The maximum atomic E-state index is 13.1. The number of nitrogens with one attached hydrogen (secondary N) is 1. The van der Waals surface area contributed by atoms with Gasteiger partial charge < -0.3 is 20.7 Å². The van der Waals surface area contributed by atoms with Crippen LogP contribution in [-0.2, 0) is 4.74 Å². The van der Waals surface area contributed by atoms with E-state index in [1.54, 1.807) is 30.5 Å². The standard InChI is InChI=1S/C21H19FN6O2/c22-18-4-2-14(8-25-18)13-1-3-15(23)16(7-13)27-20(29)17-9-26-19(10-24-17)28-6-5-21(28)11-30-12-21/h1-4,7-10H,5-6,11-12,23H2,(H,27,29). The number of amides is 1. The summed E-state index contributed by atoms with van der Waals surface area (Å²) in [7, 11) is 0. The quantitative estimate of drug-likeness (QED) is 0.506. The molecule has 0 aliphatic carbocycles. The summed E-state index contributed by atoms with van der Waals surface area (Å²) in [6.45, 7) is 2.32. The summed E-state index contributed by atoms with van der Waals surface area (Å²) in [5, 5.41) is 2.77. The first-order valence-electron chi connectivity index (χ1n) is 9.54. The van der Waals surface area contributed by atoms with E-state index >= 15 is 0 Å². The summed E-state index contributed by atoms with van der Waals surface area (Å²) in [5.74, 6) is -0.231. The molecule has 5 rings (SSSR count). The molecule has 0 atom stereocenters. The Morgan fingerprint density at radius 1 is 1.10 bits per heavy atom. The fraction of sp³-hybridized carbons (Fsp3) is 0.238. The van der Waals surface area contributed by atoms with Gasteiger partial charge >= 0.3 is 0 Å². The van der Waals surface area contributed by atoms with E-state index < -0.39 is 11.9 Å². The van der Waals surface area contributed by atoms with Crippen molar-refractivity contribution in [2.24, 2.45) is 0 Å². The minimum Gasteiger partial charge on any atom is -0.397 e. The Morgan fingerprint density at radius 3 is 2.53 bits per heavy atom. The molecule has 2 fully saturated rings. The predicted molar refractivity (Wildman–Crippen MR) is 110 cm³/mol. The van der Waals surface area contributed by atoms with E-state index in [-0.39, 0.29) is 11.2 Å². The van der Waals surface area contributed by atoms with Crippen LogP contribution in [0.25, 0.3) is 11.1 Å². The zero-order valence-electron chi connectivity index (χ0n) is 16.0. The van der Waals surface area contributed by atoms with Crippen LogP contribution in [0.3, 0.4) is 0 Å². The number of aromatic nitrogens is 3. The number of anilines is 3. The predicted octanol–water partition coefficient (Wildman–Crippen LogP) is 2.49. The maximum absolute atomic E-state index is 13.1. The van der Waals surface area contributed by atoms with E-state index in [9.17, 15) is 9.18 Å². The molecular formula is C21H19FN6O2. The van der Waals surface area contributed by atoms with Crippen molar-refractivity contribution in [2.75, 3.05) is 35.7 Å². The first-order valence-corrected chi connectivity index (χ1v) is 9.54. The zero-order chi connectivity index (χ0) is 20.7. The number of benzene rings is 1. The van der Waals surface area contributed by atoms with Crippen LogP contribution in [0, 0.1) is 5.95 Å². The lowest BCUT2D eigenvalue weighted by Gasteiger charge is -2.58. The largest absolute Gasteiger partial charge is 0.397 e. The van der Waals surface area contributed by atoms with Crippen LogP contribution in [0.4, 0.5) is 21.6 Å². The molecule has 0 saturated carbocycles. The molecule has 1 spiro atoms.